The van der Waals surface area contributed by atoms with E-state index >= 15 is 0 Å². The molecule has 0 aliphatic rings. The molecular weight excluding hydrogens is 335 g/mol. The van der Waals surface area contributed by atoms with E-state index in [0.717, 1.165) is 0 Å². The number of carbonyl (C=O) groups excluding carboxylic acids is 2. The van der Waals surface area contributed by atoms with E-state index in [-0.39, 0.29) is 24.8 Å². The van der Waals surface area contributed by atoms with Crippen molar-refractivity contribution < 1.29 is 14.3 Å². The van der Waals surface area contributed by atoms with Gasteiger partial charge in [0.25, 0.3) is 0 Å². The first-order valence-corrected chi connectivity index (χ1v) is 8.01. The largest absolute Gasteiger partial charge is 0.377 e. The fourth-order valence-corrected chi connectivity index (χ4v) is 2.42. The summed E-state index contributed by atoms with van der Waals surface area (Å²) < 4.78 is 5.34. The number of hydrogen-bond acceptors (Lipinski definition) is 3. The van der Waals surface area contributed by atoms with Crippen LogP contribution in [0.15, 0.2) is 60.7 Å². The minimum absolute atomic E-state index is 0.000568. The van der Waals surface area contributed by atoms with Crippen LogP contribution in [0.2, 0.25) is 0 Å². The highest BCUT2D eigenvalue weighted by molar-refractivity contribution is 6.34. The van der Waals surface area contributed by atoms with Gasteiger partial charge in [-0.3, -0.25) is 9.59 Å². The molecule has 0 spiro atoms. The van der Waals surface area contributed by atoms with Crippen LogP contribution in [0.1, 0.15) is 20.7 Å². The topological polar surface area (TPSA) is 43.4 Å². The first kappa shape index (κ1) is 17.7. The number of benzene rings is 2. The van der Waals surface area contributed by atoms with Crippen LogP contribution in [0.3, 0.4) is 0 Å². The Balaban J connectivity index is 1.80. The minimum atomic E-state index is -0.812. The second-order valence-electron chi connectivity index (χ2n) is 4.93. The number of hydrogen-bond donors (Lipinski definition) is 0. The van der Waals surface area contributed by atoms with Crippen LogP contribution in [-0.2, 0) is 4.74 Å². The van der Waals surface area contributed by atoms with Crippen molar-refractivity contribution in [2.45, 2.75) is 10.8 Å². The van der Waals surface area contributed by atoms with Crippen molar-refractivity contribution in [1.29, 1.82) is 0 Å². The third-order valence-corrected chi connectivity index (χ3v) is 3.86. The van der Waals surface area contributed by atoms with Crippen LogP contribution in [0, 0.1) is 0 Å². The van der Waals surface area contributed by atoms with Gasteiger partial charge in [0, 0.05) is 11.1 Å². The zero-order chi connectivity index (χ0) is 16.7. The molecule has 3 nitrogen and oxygen atoms in total. The van der Waals surface area contributed by atoms with Gasteiger partial charge in [0.1, 0.15) is 10.8 Å². The van der Waals surface area contributed by atoms with Gasteiger partial charge in [-0.05, 0) is 0 Å². The molecule has 2 atom stereocenters. The van der Waals surface area contributed by atoms with Gasteiger partial charge < -0.3 is 4.74 Å². The lowest BCUT2D eigenvalue weighted by Gasteiger charge is -2.12. The Hall–Kier alpha value is -1.68. The van der Waals surface area contributed by atoms with E-state index in [2.05, 4.69) is 0 Å². The first-order chi connectivity index (χ1) is 11.1. The molecule has 0 amide bonds. The molecule has 5 heteroatoms. The lowest BCUT2D eigenvalue weighted by molar-refractivity contribution is 0.0834. The van der Waals surface area contributed by atoms with Crippen molar-refractivity contribution in [3.05, 3.63) is 71.8 Å². The summed E-state index contributed by atoms with van der Waals surface area (Å²) in [5.41, 5.74) is 1.05. The van der Waals surface area contributed by atoms with Gasteiger partial charge in [0.15, 0.2) is 11.6 Å². The van der Waals surface area contributed by atoms with Gasteiger partial charge in [-0.25, -0.2) is 0 Å². The van der Waals surface area contributed by atoms with E-state index in [1.54, 1.807) is 48.5 Å². The summed E-state index contributed by atoms with van der Waals surface area (Å²) in [5.74, 6) is -0.430. The second kappa shape index (κ2) is 8.82. The standard InChI is InChI=1S/C18H16Cl2O3/c19-15(17(21)13-7-3-1-4-8-13)11-23-12-16(20)18(22)14-9-5-2-6-10-14/h1-10,15-16H,11-12H2. The van der Waals surface area contributed by atoms with Crippen molar-refractivity contribution >= 4 is 34.8 Å². The van der Waals surface area contributed by atoms with E-state index in [0.29, 0.717) is 11.1 Å². The molecule has 0 aromatic heterocycles. The molecule has 0 N–H and O–H groups in total. The zero-order valence-electron chi connectivity index (χ0n) is 12.3. The Bertz CT molecular complexity index is 586. The molecule has 0 saturated carbocycles. The molecule has 0 bridgehead atoms. The highest BCUT2D eigenvalue weighted by Gasteiger charge is 2.20. The summed E-state index contributed by atoms with van der Waals surface area (Å²) in [6.07, 6.45) is 0. The third-order valence-electron chi connectivity index (χ3n) is 3.21. The quantitative estimate of drug-likeness (QED) is 0.534. The summed E-state index contributed by atoms with van der Waals surface area (Å²) >= 11 is 12.1. The molecular formula is C18H16Cl2O3. The smallest absolute Gasteiger partial charge is 0.183 e. The van der Waals surface area contributed by atoms with Gasteiger partial charge in [-0.1, -0.05) is 60.7 Å². The second-order valence-corrected chi connectivity index (χ2v) is 5.99. The van der Waals surface area contributed by atoms with Crippen LogP contribution in [0.4, 0.5) is 0 Å². The molecule has 120 valence electrons. The van der Waals surface area contributed by atoms with E-state index in [9.17, 15) is 9.59 Å². The van der Waals surface area contributed by atoms with E-state index in [4.69, 9.17) is 27.9 Å². The SMILES string of the molecule is O=C(c1ccccc1)C(Cl)COCC(Cl)C(=O)c1ccccc1. The molecule has 2 unspecified atom stereocenters. The van der Waals surface area contributed by atoms with E-state index in [1.807, 2.05) is 12.1 Å². The first-order valence-electron chi connectivity index (χ1n) is 7.14. The van der Waals surface area contributed by atoms with E-state index in [1.165, 1.54) is 0 Å². The van der Waals surface area contributed by atoms with Crippen LogP contribution in [0.5, 0.6) is 0 Å². The van der Waals surface area contributed by atoms with Crippen LogP contribution in [0.25, 0.3) is 0 Å². The maximum atomic E-state index is 12.1. The molecule has 0 aliphatic heterocycles. The average molecular weight is 351 g/mol. The summed E-state index contributed by atoms with van der Waals surface area (Å²) in [6, 6.07) is 17.5. The number of carbonyl (C=O) groups is 2. The number of rotatable bonds is 8. The van der Waals surface area contributed by atoms with Gasteiger partial charge in [-0.15, -0.1) is 23.2 Å². The molecule has 2 aromatic rings. The molecule has 0 aliphatic carbocycles. The molecule has 2 rings (SSSR count). The van der Waals surface area contributed by atoms with E-state index < -0.39 is 10.8 Å². The normalized spacial score (nSPS) is 13.3. The Morgan fingerprint density at radius 3 is 1.43 bits per heavy atom. The van der Waals surface area contributed by atoms with Crippen molar-refractivity contribution in [3.63, 3.8) is 0 Å². The number of ether oxygens (including phenoxy) is 1. The summed E-state index contributed by atoms with van der Waals surface area (Å²) in [4.78, 5) is 24.1. The van der Waals surface area contributed by atoms with Crippen molar-refractivity contribution in [2.24, 2.45) is 0 Å². The maximum Gasteiger partial charge on any atom is 0.183 e. The zero-order valence-corrected chi connectivity index (χ0v) is 13.8. The molecule has 0 radical (unpaired) electrons. The molecule has 0 saturated heterocycles. The van der Waals surface area contributed by atoms with Crippen molar-refractivity contribution in [1.82, 2.24) is 0 Å². The Kier molecular flexibility index (Phi) is 6.78. The highest BCUT2D eigenvalue weighted by atomic mass is 35.5. The van der Waals surface area contributed by atoms with Gasteiger partial charge in [-0.2, -0.15) is 0 Å². The summed E-state index contributed by atoms with van der Waals surface area (Å²) in [6.45, 7) is 0.00114. The predicted octanol–water partition coefficient (Wildman–Crippen LogP) is 3.98. The Morgan fingerprint density at radius 1 is 0.739 bits per heavy atom. The number of ketones is 2. The van der Waals surface area contributed by atoms with Crippen molar-refractivity contribution in [3.8, 4) is 0 Å². The minimum Gasteiger partial charge on any atom is -0.377 e. The average Bonchev–Trinajstić information content (AvgIpc) is 2.61. The molecule has 0 fully saturated rings. The van der Waals surface area contributed by atoms with Crippen LogP contribution >= 0.6 is 23.2 Å². The lowest BCUT2D eigenvalue weighted by atomic mass is 10.1. The fourth-order valence-electron chi connectivity index (χ4n) is 1.99. The van der Waals surface area contributed by atoms with Gasteiger partial charge >= 0.3 is 0 Å². The fraction of sp³-hybridized carbons (Fsp3) is 0.222. The monoisotopic (exact) mass is 350 g/mol. The summed E-state index contributed by atoms with van der Waals surface area (Å²) in [7, 11) is 0. The van der Waals surface area contributed by atoms with Crippen LogP contribution in [-0.4, -0.2) is 35.5 Å². The Morgan fingerprint density at radius 2 is 1.09 bits per heavy atom. The maximum absolute atomic E-state index is 12.1. The Labute approximate surface area is 145 Å². The number of Topliss-reactive ketones (excluding diaryl/α,β-unsaturated/α-hetero) is 2. The third kappa shape index (κ3) is 5.17. The molecule has 2 aromatic carbocycles. The van der Waals surface area contributed by atoms with Gasteiger partial charge in [0.2, 0.25) is 0 Å². The number of alkyl halides is 2. The van der Waals surface area contributed by atoms with Gasteiger partial charge in [0.05, 0.1) is 13.2 Å². The van der Waals surface area contributed by atoms with Crippen molar-refractivity contribution in [2.75, 3.05) is 13.2 Å². The lowest BCUT2D eigenvalue weighted by Crippen LogP contribution is -2.26. The number of halogens is 2. The highest BCUT2D eigenvalue weighted by Crippen LogP contribution is 2.12. The molecule has 0 heterocycles. The summed E-state index contributed by atoms with van der Waals surface area (Å²) in [5, 5.41) is -1.62. The predicted molar refractivity (Wildman–Crippen MR) is 91.6 cm³/mol. The molecule has 23 heavy (non-hydrogen) atoms. The van der Waals surface area contributed by atoms with Crippen LogP contribution < -0.4 is 0 Å².